The van der Waals surface area contributed by atoms with Gasteiger partial charge in [0.05, 0.1) is 18.1 Å². The molecule has 2 rings (SSSR count). The summed E-state index contributed by atoms with van der Waals surface area (Å²) in [5.41, 5.74) is 3.34. The summed E-state index contributed by atoms with van der Waals surface area (Å²) in [6.45, 7) is 8.60. The van der Waals surface area contributed by atoms with Crippen LogP contribution in [0.25, 0.3) is 5.69 Å². The molecule has 0 saturated carbocycles. The van der Waals surface area contributed by atoms with Crippen molar-refractivity contribution in [3.8, 4) is 11.4 Å². The number of ether oxygens (including phenoxy) is 1. The monoisotopic (exact) mass is 242 g/mol. The van der Waals surface area contributed by atoms with E-state index in [0.717, 1.165) is 23.4 Å². The molecule has 0 spiro atoms. The van der Waals surface area contributed by atoms with Crippen molar-refractivity contribution in [2.45, 2.75) is 20.3 Å². The molecule has 2 aromatic rings. The minimum Gasteiger partial charge on any atom is -0.486 e. The van der Waals surface area contributed by atoms with Gasteiger partial charge in [-0.2, -0.15) is 5.10 Å². The molecule has 1 heterocycles. The van der Waals surface area contributed by atoms with Gasteiger partial charge in [0.2, 0.25) is 0 Å². The summed E-state index contributed by atoms with van der Waals surface area (Å²) in [6, 6.07) is 8.19. The van der Waals surface area contributed by atoms with E-state index in [1.54, 1.807) is 6.20 Å². The molecule has 0 aliphatic rings. The molecule has 0 unspecified atom stereocenters. The summed E-state index contributed by atoms with van der Waals surface area (Å²) in [5.74, 6) is 0.770. The molecule has 18 heavy (non-hydrogen) atoms. The molecular formula is C15H18N2O. The standard InChI is InChI=1S/C15H18N2O/c1-4-12(2)11-18-15-9-16-17(10-15)14-7-5-6-13(3)8-14/h5-10H,2,4,11H2,1,3H3. The third kappa shape index (κ3) is 3.00. The van der Waals surface area contributed by atoms with Gasteiger partial charge in [0.1, 0.15) is 6.61 Å². The normalized spacial score (nSPS) is 10.3. The minimum absolute atomic E-state index is 0.552. The smallest absolute Gasteiger partial charge is 0.158 e. The molecule has 0 amide bonds. The Morgan fingerprint density at radius 1 is 1.44 bits per heavy atom. The molecule has 0 fully saturated rings. The molecule has 3 nitrogen and oxygen atoms in total. The number of hydrogen-bond acceptors (Lipinski definition) is 2. The van der Waals surface area contributed by atoms with Crippen molar-refractivity contribution in [1.29, 1.82) is 0 Å². The van der Waals surface area contributed by atoms with Gasteiger partial charge < -0.3 is 4.74 Å². The number of aromatic nitrogens is 2. The second kappa shape index (κ2) is 5.54. The Bertz CT molecular complexity index is 543. The number of rotatable bonds is 5. The van der Waals surface area contributed by atoms with Crippen LogP contribution in [0.15, 0.2) is 48.8 Å². The van der Waals surface area contributed by atoms with Crippen LogP contribution in [0.2, 0.25) is 0 Å². The van der Waals surface area contributed by atoms with Gasteiger partial charge in [-0.15, -0.1) is 0 Å². The van der Waals surface area contributed by atoms with Crippen molar-refractivity contribution < 1.29 is 4.74 Å². The molecule has 0 aliphatic heterocycles. The van der Waals surface area contributed by atoms with E-state index in [1.165, 1.54) is 5.56 Å². The lowest BCUT2D eigenvalue weighted by atomic mass is 10.2. The van der Waals surface area contributed by atoms with Crippen LogP contribution in [0, 0.1) is 6.92 Å². The molecule has 0 bridgehead atoms. The van der Waals surface area contributed by atoms with Crippen LogP contribution >= 0.6 is 0 Å². The van der Waals surface area contributed by atoms with Gasteiger partial charge in [-0.25, -0.2) is 4.68 Å². The molecule has 0 saturated heterocycles. The van der Waals surface area contributed by atoms with E-state index < -0.39 is 0 Å². The Hall–Kier alpha value is -2.03. The topological polar surface area (TPSA) is 27.1 Å². The highest BCUT2D eigenvalue weighted by Gasteiger charge is 2.02. The molecule has 0 atom stereocenters. The Balaban J connectivity index is 2.08. The highest BCUT2D eigenvalue weighted by atomic mass is 16.5. The fourth-order valence-corrected chi connectivity index (χ4v) is 1.58. The van der Waals surface area contributed by atoms with Crippen molar-refractivity contribution in [1.82, 2.24) is 9.78 Å². The molecule has 0 N–H and O–H groups in total. The maximum atomic E-state index is 5.61. The highest BCUT2D eigenvalue weighted by Crippen LogP contribution is 2.15. The lowest BCUT2D eigenvalue weighted by molar-refractivity contribution is 0.349. The maximum Gasteiger partial charge on any atom is 0.158 e. The molecule has 1 aromatic heterocycles. The lowest BCUT2D eigenvalue weighted by Gasteiger charge is -2.04. The molecule has 1 aromatic carbocycles. The van der Waals surface area contributed by atoms with Gasteiger partial charge in [0.25, 0.3) is 0 Å². The Labute approximate surface area is 108 Å². The summed E-state index contributed by atoms with van der Waals surface area (Å²) in [4.78, 5) is 0. The molecule has 0 aliphatic carbocycles. The van der Waals surface area contributed by atoms with Gasteiger partial charge in [0.15, 0.2) is 5.75 Å². The average Bonchev–Trinajstić information content (AvgIpc) is 2.84. The molecular weight excluding hydrogens is 224 g/mol. The zero-order valence-electron chi connectivity index (χ0n) is 10.9. The van der Waals surface area contributed by atoms with Crippen molar-refractivity contribution >= 4 is 0 Å². The van der Waals surface area contributed by atoms with Crippen molar-refractivity contribution in [3.63, 3.8) is 0 Å². The van der Waals surface area contributed by atoms with Gasteiger partial charge in [0, 0.05) is 0 Å². The quantitative estimate of drug-likeness (QED) is 0.750. The summed E-state index contributed by atoms with van der Waals surface area (Å²) < 4.78 is 7.42. The summed E-state index contributed by atoms with van der Waals surface area (Å²) in [6.07, 6.45) is 4.55. The van der Waals surface area contributed by atoms with Crippen molar-refractivity contribution in [2.24, 2.45) is 0 Å². The second-order valence-corrected chi connectivity index (χ2v) is 4.35. The Morgan fingerprint density at radius 2 is 2.28 bits per heavy atom. The Morgan fingerprint density at radius 3 is 3.00 bits per heavy atom. The van der Waals surface area contributed by atoms with E-state index >= 15 is 0 Å². The number of hydrogen-bond donors (Lipinski definition) is 0. The van der Waals surface area contributed by atoms with Crippen molar-refractivity contribution in [3.05, 3.63) is 54.4 Å². The zero-order chi connectivity index (χ0) is 13.0. The van der Waals surface area contributed by atoms with E-state index in [0.29, 0.717) is 6.61 Å². The van der Waals surface area contributed by atoms with Gasteiger partial charge in [-0.1, -0.05) is 25.6 Å². The van der Waals surface area contributed by atoms with Crippen LogP contribution in [-0.4, -0.2) is 16.4 Å². The molecule has 94 valence electrons. The minimum atomic E-state index is 0.552. The van der Waals surface area contributed by atoms with Crippen LogP contribution in [0.5, 0.6) is 5.75 Å². The first-order valence-electron chi connectivity index (χ1n) is 6.10. The molecule has 0 radical (unpaired) electrons. The third-order valence-corrected chi connectivity index (χ3v) is 2.77. The SMILES string of the molecule is C=C(CC)COc1cnn(-c2cccc(C)c2)c1. The van der Waals surface area contributed by atoms with E-state index in [2.05, 4.69) is 37.7 Å². The van der Waals surface area contributed by atoms with Gasteiger partial charge in [-0.05, 0) is 36.6 Å². The predicted molar refractivity (Wildman–Crippen MR) is 73.2 cm³/mol. The third-order valence-electron chi connectivity index (χ3n) is 2.77. The first-order valence-corrected chi connectivity index (χ1v) is 6.10. The van der Waals surface area contributed by atoms with Crippen LogP contribution in [0.3, 0.4) is 0 Å². The predicted octanol–water partition coefficient (Wildman–Crippen LogP) is 3.53. The van der Waals surface area contributed by atoms with E-state index in [-0.39, 0.29) is 0 Å². The van der Waals surface area contributed by atoms with Crippen LogP contribution in [0.4, 0.5) is 0 Å². The zero-order valence-corrected chi connectivity index (χ0v) is 10.9. The van der Waals surface area contributed by atoms with E-state index in [4.69, 9.17) is 4.74 Å². The van der Waals surface area contributed by atoms with Crippen LogP contribution in [-0.2, 0) is 0 Å². The average molecular weight is 242 g/mol. The fourth-order valence-electron chi connectivity index (χ4n) is 1.58. The van der Waals surface area contributed by atoms with E-state index in [9.17, 15) is 0 Å². The number of benzene rings is 1. The first kappa shape index (κ1) is 12.4. The number of nitrogens with zero attached hydrogens (tertiary/aromatic N) is 2. The first-order chi connectivity index (χ1) is 8.69. The van der Waals surface area contributed by atoms with E-state index in [1.807, 2.05) is 23.0 Å². The highest BCUT2D eigenvalue weighted by molar-refractivity contribution is 5.35. The summed E-state index contributed by atoms with van der Waals surface area (Å²) in [7, 11) is 0. The maximum absolute atomic E-state index is 5.61. The summed E-state index contributed by atoms with van der Waals surface area (Å²) >= 11 is 0. The van der Waals surface area contributed by atoms with Gasteiger partial charge in [-0.3, -0.25) is 0 Å². The van der Waals surface area contributed by atoms with Crippen LogP contribution in [0.1, 0.15) is 18.9 Å². The number of aryl methyl sites for hydroxylation is 1. The Kier molecular flexibility index (Phi) is 3.82. The lowest BCUT2D eigenvalue weighted by Crippen LogP contribution is -1.98. The largest absolute Gasteiger partial charge is 0.486 e. The molecule has 3 heteroatoms. The van der Waals surface area contributed by atoms with Crippen LogP contribution < -0.4 is 4.74 Å². The van der Waals surface area contributed by atoms with Crippen molar-refractivity contribution in [2.75, 3.05) is 6.61 Å². The fraction of sp³-hybridized carbons (Fsp3) is 0.267. The second-order valence-electron chi connectivity index (χ2n) is 4.35. The summed E-state index contributed by atoms with van der Waals surface area (Å²) in [5, 5.41) is 4.29. The van der Waals surface area contributed by atoms with Gasteiger partial charge >= 0.3 is 0 Å².